The highest BCUT2D eigenvalue weighted by molar-refractivity contribution is 7.86. The van der Waals surface area contributed by atoms with Crippen LogP contribution in [0.5, 0.6) is 5.75 Å². The summed E-state index contributed by atoms with van der Waals surface area (Å²) >= 11 is 0. The number of non-ortho nitro benzene ring substituents is 1. The third-order valence-electron chi connectivity index (χ3n) is 4.73. The van der Waals surface area contributed by atoms with E-state index in [0.29, 0.717) is 18.2 Å². The van der Waals surface area contributed by atoms with Crippen molar-refractivity contribution in [3.8, 4) is 5.75 Å². The zero-order chi connectivity index (χ0) is 27.4. The first-order chi connectivity index (χ1) is 16.3. The number of hydrogen-bond acceptors (Lipinski definition) is 13. The molecular formula is C16H15N5O12S3. The van der Waals surface area contributed by atoms with Crippen molar-refractivity contribution in [1.29, 1.82) is 0 Å². The molecule has 0 aromatic heterocycles. The number of phenolic OH excluding ortho intramolecular Hbond substituents is 1. The maximum atomic E-state index is 12.0. The summed E-state index contributed by atoms with van der Waals surface area (Å²) in [6, 6.07) is 3.30. The first-order valence-electron chi connectivity index (χ1n) is 8.94. The van der Waals surface area contributed by atoms with E-state index in [4.69, 9.17) is 11.5 Å². The highest BCUT2D eigenvalue weighted by Gasteiger charge is 2.28. The highest BCUT2D eigenvalue weighted by Crippen LogP contribution is 2.45. The number of nitro benzene ring substituents is 1. The van der Waals surface area contributed by atoms with Gasteiger partial charge in [-0.15, -0.1) is 0 Å². The zero-order valence-corrected chi connectivity index (χ0v) is 19.7. The lowest BCUT2D eigenvalue weighted by atomic mass is 10.0. The van der Waals surface area contributed by atoms with Gasteiger partial charge in [-0.05, 0) is 18.2 Å². The number of fused-ring (bicyclic) bond motifs is 1. The van der Waals surface area contributed by atoms with Crippen molar-refractivity contribution in [2.24, 2.45) is 0 Å². The summed E-state index contributed by atoms with van der Waals surface area (Å²) < 4.78 is 99.6. The second-order valence-corrected chi connectivity index (χ2v) is 11.2. The van der Waals surface area contributed by atoms with Gasteiger partial charge in [0, 0.05) is 17.5 Å². The van der Waals surface area contributed by atoms with Crippen LogP contribution in [0, 0.1) is 10.1 Å². The number of benzene rings is 3. The predicted octanol–water partition coefficient (Wildman–Crippen LogP) is 0.797. The lowest BCUT2D eigenvalue weighted by Crippen LogP contribution is -2.16. The Hall–Kier alpha value is -3.95. The molecule has 0 radical (unpaired) electrons. The Labute approximate surface area is 201 Å². The fourth-order valence-corrected chi connectivity index (χ4v) is 5.22. The molecule has 0 bridgehead atoms. The molecule has 3 aromatic carbocycles. The summed E-state index contributed by atoms with van der Waals surface area (Å²) in [6.45, 7) is 0. The monoisotopic (exact) mass is 565 g/mol. The summed E-state index contributed by atoms with van der Waals surface area (Å²) in [5, 5.41) is 20.5. The molecule has 0 aliphatic rings. The highest BCUT2D eigenvalue weighted by atomic mass is 32.2. The molecule has 0 aliphatic carbocycles. The average molecular weight is 566 g/mol. The number of phenols is 1. The summed E-state index contributed by atoms with van der Waals surface area (Å²) in [5.74, 6) is -1.13. The standard InChI is InChI=1S/C16H15N5O12S3/c17-8-5-10(34(25,26)27)7-4-12(36(31,32)33)15(16(22)13(7)14(8)18)20-19-9-2-1-6(21(23)24)3-11(9)35(28,29)30/h1-5,19-20,22H,17-18H2,(H,25,26,27)(H,28,29,30)(H,31,32,33). The molecular weight excluding hydrogens is 550 g/mol. The SMILES string of the molecule is Nc1cc(S(=O)(=O)O)c2cc(S(=O)(=O)O)c(NNc3ccc([N+](=O)[O-])cc3S(=O)(=O)O)c(O)c2c1N. The number of hydrogen-bond donors (Lipinski definition) is 8. The van der Waals surface area contributed by atoms with E-state index < -0.39 is 94.9 Å². The van der Waals surface area contributed by atoms with Gasteiger partial charge in [0.15, 0.2) is 5.75 Å². The minimum Gasteiger partial charge on any atom is -0.505 e. The number of hydrazine groups is 1. The molecule has 0 heterocycles. The Balaban J connectivity index is 2.31. The molecule has 36 heavy (non-hydrogen) atoms. The number of nitro groups is 1. The van der Waals surface area contributed by atoms with E-state index in [1.807, 2.05) is 0 Å². The van der Waals surface area contributed by atoms with Gasteiger partial charge >= 0.3 is 0 Å². The first-order valence-corrected chi connectivity index (χ1v) is 13.3. The molecule has 0 saturated carbocycles. The third-order valence-corrected chi connectivity index (χ3v) is 7.39. The molecule has 0 saturated heterocycles. The molecule has 3 aromatic rings. The van der Waals surface area contributed by atoms with Gasteiger partial charge in [0.2, 0.25) is 0 Å². The summed E-state index contributed by atoms with van der Waals surface area (Å²) in [7, 11) is -15.4. The van der Waals surface area contributed by atoms with Crippen LogP contribution in [0.1, 0.15) is 0 Å². The molecule has 0 fully saturated rings. The minimum atomic E-state index is -5.26. The van der Waals surface area contributed by atoms with Crippen LogP contribution in [0.3, 0.4) is 0 Å². The Morgan fingerprint density at radius 3 is 1.86 bits per heavy atom. The fraction of sp³-hybridized carbons (Fsp3) is 0. The first kappa shape index (κ1) is 26.7. The number of nitrogen functional groups attached to an aromatic ring is 2. The lowest BCUT2D eigenvalue weighted by molar-refractivity contribution is -0.385. The largest absolute Gasteiger partial charge is 0.505 e. The second kappa shape index (κ2) is 8.61. The van der Waals surface area contributed by atoms with Gasteiger partial charge in [-0.25, -0.2) is 0 Å². The molecule has 3 rings (SSSR count). The predicted molar refractivity (Wildman–Crippen MR) is 124 cm³/mol. The molecule has 0 spiro atoms. The number of rotatable bonds is 7. The van der Waals surface area contributed by atoms with Crippen molar-refractivity contribution in [2.45, 2.75) is 14.7 Å². The van der Waals surface area contributed by atoms with Crippen molar-refractivity contribution >= 4 is 69.6 Å². The number of anilines is 4. The van der Waals surface area contributed by atoms with Gasteiger partial charge in [0.1, 0.15) is 20.4 Å². The van der Waals surface area contributed by atoms with Crippen LogP contribution in [0.25, 0.3) is 10.8 Å². The van der Waals surface area contributed by atoms with Crippen LogP contribution in [0.15, 0.2) is 45.0 Å². The maximum absolute atomic E-state index is 12.0. The third kappa shape index (κ3) is 4.89. The second-order valence-electron chi connectivity index (χ2n) is 7.01. The van der Waals surface area contributed by atoms with Gasteiger partial charge in [-0.1, -0.05) is 0 Å². The van der Waals surface area contributed by atoms with Crippen LogP contribution in [-0.2, 0) is 30.4 Å². The van der Waals surface area contributed by atoms with E-state index in [1.54, 1.807) is 0 Å². The van der Waals surface area contributed by atoms with E-state index in [2.05, 4.69) is 10.9 Å². The minimum absolute atomic E-state index is 0.451. The maximum Gasteiger partial charge on any atom is 0.296 e. The molecule has 0 unspecified atom stereocenters. The normalized spacial score (nSPS) is 12.4. The summed E-state index contributed by atoms with van der Waals surface area (Å²) in [4.78, 5) is 6.80. The van der Waals surface area contributed by atoms with Gasteiger partial charge < -0.3 is 16.6 Å². The van der Waals surface area contributed by atoms with Gasteiger partial charge in [0.25, 0.3) is 36.0 Å². The van der Waals surface area contributed by atoms with E-state index >= 15 is 0 Å². The van der Waals surface area contributed by atoms with Crippen LogP contribution in [0.2, 0.25) is 0 Å². The Bertz CT molecular complexity index is 1770. The number of nitrogens with two attached hydrogens (primary N) is 2. The van der Waals surface area contributed by atoms with Crippen LogP contribution in [-0.4, -0.2) is 48.9 Å². The molecule has 194 valence electrons. The molecule has 10 N–H and O–H groups in total. The van der Waals surface area contributed by atoms with Crippen LogP contribution >= 0.6 is 0 Å². The van der Waals surface area contributed by atoms with Crippen molar-refractivity contribution in [3.63, 3.8) is 0 Å². The molecule has 17 nitrogen and oxygen atoms in total. The smallest absolute Gasteiger partial charge is 0.296 e. The number of nitrogens with one attached hydrogen (secondary N) is 2. The Kier molecular flexibility index (Phi) is 6.38. The van der Waals surface area contributed by atoms with Gasteiger partial charge in [-0.2, -0.15) is 25.3 Å². The van der Waals surface area contributed by atoms with E-state index in [0.717, 1.165) is 12.1 Å². The topological polar surface area (TPSA) is 303 Å². The number of nitrogens with zero attached hydrogens (tertiary/aromatic N) is 1. The molecule has 0 aliphatic heterocycles. The van der Waals surface area contributed by atoms with E-state index in [-0.39, 0.29) is 0 Å². The van der Waals surface area contributed by atoms with Crippen molar-refractivity contribution in [3.05, 3.63) is 40.4 Å². The van der Waals surface area contributed by atoms with Crippen molar-refractivity contribution in [1.82, 2.24) is 0 Å². The summed E-state index contributed by atoms with van der Waals surface area (Å²) in [6.07, 6.45) is 0. The van der Waals surface area contributed by atoms with Crippen LogP contribution in [0.4, 0.5) is 28.4 Å². The lowest BCUT2D eigenvalue weighted by Gasteiger charge is -2.19. The van der Waals surface area contributed by atoms with E-state index in [9.17, 15) is 54.1 Å². The van der Waals surface area contributed by atoms with Gasteiger partial charge in [0.05, 0.1) is 27.4 Å². The van der Waals surface area contributed by atoms with Crippen molar-refractivity contribution in [2.75, 3.05) is 22.3 Å². The Morgan fingerprint density at radius 2 is 1.36 bits per heavy atom. The zero-order valence-electron chi connectivity index (χ0n) is 17.3. The number of aromatic hydroxyl groups is 1. The van der Waals surface area contributed by atoms with Crippen LogP contribution < -0.4 is 22.3 Å². The molecule has 0 atom stereocenters. The quantitative estimate of drug-likeness (QED) is 0.0645. The summed E-state index contributed by atoms with van der Waals surface area (Å²) in [5.41, 5.74) is 12.5. The molecule has 0 amide bonds. The molecule has 20 heteroatoms. The van der Waals surface area contributed by atoms with E-state index in [1.165, 1.54) is 0 Å². The fourth-order valence-electron chi connectivity index (χ4n) is 3.16. The average Bonchev–Trinajstić information content (AvgIpc) is 2.72. The Morgan fingerprint density at radius 1 is 0.806 bits per heavy atom. The van der Waals surface area contributed by atoms with Crippen molar-refractivity contribution < 1.29 is 48.9 Å². The van der Waals surface area contributed by atoms with Gasteiger partial charge in [-0.3, -0.25) is 34.6 Å².